The van der Waals surface area contributed by atoms with Crippen LogP contribution in [0.1, 0.15) is 0 Å². The molecule has 1 saturated heterocycles. The molecule has 6 rings (SSSR count). The van der Waals surface area contributed by atoms with E-state index in [1.807, 2.05) is 39.6 Å². The first-order chi connectivity index (χ1) is 13.3. The molecule has 8 heteroatoms. The number of aromatic nitrogens is 5. The Balaban J connectivity index is 1.41. The number of hydrogen-bond donors (Lipinski definition) is 1. The molecule has 27 heavy (non-hydrogen) atoms. The molecule has 3 atom stereocenters. The highest BCUT2D eigenvalue weighted by molar-refractivity contribution is 5.85. The normalized spacial score (nSPS) is 23.7. The van der Waals surface area contributed by atoms with E-state index in [9.17, 15) is 0 Å². The topological polar surface area (TPSA) is 78.0 Å². The molecule has 1 N–H and O–H groups in total. The molecule has 5 heterocycles. The number of nitrogens with zero attached hydrogens (tertiary/aromatic N) is 5. The predicted molar refractivity (Wildman–Crippen MR) is 98.9 cm³/mol. The molecule has 0 aromatic carbocycles. The third-order valence-corrected chi connectivity index (χ3v) is 5.63. The van der Waals surface area contributed by atoms with Gasteiger partial charge in [0.1, 0.15) is 5.52 Å². The Morgan fingerprint density at radius 2 is 2.00 bits per heavy atom. The molecular formula is C19H18N6O2. The standard InChI is InChI=1S/C19H18N6O2/c1-26-18-17-13(11-3-6-24-12(8-11)2-5-20-24)4-7-25(17)23-19(22-18)21-16-14-9-27-10-15(14)16/h2-8,14-16H,9-10H2,1H3,(H,21,23)/t14-,15+,16?. The second kappa shape index (κ2) is 5.43. The molecule has 0 amide bonds. The average molecular weight is 362 g/mol. The molecule has 1 saturated carbocycles. The van der Waals surface area contributed by atoms with Crippen LogP contribution in [0.4, 0.5) is 5.95 Å². The van der Waals surface area contributed by atoms with Gasteiger partial charge < -0.3 is 14.8 Å². The van der Waals surface area contributed by atoms with Crippen LogP contribution in [0, 0.1) is 11.8 Å². The van der Waals surface area contributed by atoms with Gasteiger partial charge in [-0.3, -0.25) is 0 Å². The summed E-state index contributed by atoms with van der Waals surface area (Å²) in [6.45, 7) is 1.65. The Labute approximate surface area is 154 Å². The lowest BCUT2D eigenvalue weighted by atomic mass is 10.1. The van der Waals surface area contributed by atoms with Gasteiger partial charge in [0.15, 0.2) is 0 Å². The lowest BCUT2D eigenvalue weighted by Gasteiger charge is -2.11. The van der Waals surface area contributed by atoms with E-state index >= 15 is 0 Å². The number of anilines is 1. The summed E-state index contributed by atoms with van der Waals surface area (Å²) in [7, 11) is 1.64. The van der Waals surface area contributed by atoms with Gasteiger partial charge in [-0.05, 0) is 29.8 Å². The molecule has 4 aromatic heterocycles. The minimum Gasteiger partial charge on any atom is -0.479 e. The van der Waals surface area contributed by atoms with Gasteiger partial charge >= 0.3 is 0 Å². The number of methoxy groups -OCH3 is 1. The smallest absolute Gasteiger partial charge is 0.244 e. The minimum absolute atomic E-state index is 0.403. The van der Waals surface area contributed by atoms with E-state index in [0.29, 0.717) is 29.7 Å². The highest BCUT2D eigenvalue weighted by Gasteiger charge is 2.54. The molecule has 136 valence electrons. The summed E-state index contributed by atoms with van der Waals surface area (Å²) in [6.07, 6.45) is 5.68. The van der Waals surface area contributed by atoms with Crippen molar-refractivity contribution in [1.29, 1.82) is 0 Å². The Morgan fingerprint density at radius 3 is 2.85 bits per heavy atom. The lowest BCUT2D eigenvalue weighted by Crippen LogP contribution is -2.16. The van der Waals surface area contributed by atoms with Crippen LogP contribution in [0.15, 0.2) is 42.9 Å². The van der Waals surface area contributed by atoms with Crippen LogP contribution in [-0.4, -0.2) is 50.6 Å². The fraction of sp³-hybridized carbons (Fsp3) is 0.316. The maximum absolute atomic E-state index is 5.60. The van der Waals surface area contributed by atoms with Crippen LogP contribution in [0.2, 0.25) is 0 Å². The molecule has 1 unspecified atom stereocenters. The van der Waals surface area contributed by atoms with E-state index in [4.69, 9.17) is 9.47 Å². The number of ether oxygens (including phenoxy) is 2. The van der Waals surface area contributed by atoms with Gasteiger partial charge in [-0.2, -0.15) is 10.1 Å². The minimum atomic E-state index is 0.403. The number of hydrogen-bond acceptors (Lipinski definition) is 6. The molecule has 1 aliphatic heterocycles. The van der Waals surface area contributed by atoms with Crippen LogP contribution in [-0.2, 0) is 4.74 Å². The van der Waals surface area contributed by atoms with Gasteiger partial charge in [-0.25, -0.2) is 9.03 Å². The third-order valence-electron chi connectivity index (χ3n) is 5.63. The second-order valence-electron chi connectivity index (χ2n) is 7.12. The zero-order valence-electron chi connectivity index (χ0n) is 14.7. The number of rotatable bonds is 4. The van der Waals surface area contributed by atoms with Gasteiger partial charge in [0, 0.05) is 42.0 Å². The van der Waals surface area contributed by atoms with Gasteiger partial charge in [0.25, 0.3) is 0 Å². The molecule has 0 radical (unpaired) electrons. The zero-order valence-corrected chi connectivity index (χ0v) is 14.7. The highest BCUT2D eigenvalue weighted by Crippen LogP contribution is 2.45. The van der Waals surface area contributed by atoms with Crippen LogP contribution >= 0.6 is 0 Å². The van der Waals surface area contributed by atoms with E-state index in [0.717, 1.165) is 35.4 Å². The zero-order chi connectivity index (χ0) is 18.0. The summed E-state index contributed by atoms with van der Waals surface area (Å²) >= 11 is 0. The SMILES string of the molecule is COc1nc(NC2[C@H]3COC[C@@H]23)nn2ccc(-c3ccn4nccc4c3)c12. The van der Waals surface area contributed by atoms with E-state index < -0.39 is 0 Å². The van der Waals surface area contributed by atoms with Crippen LogP contribution < -0.4 is 10.1 Å². The first kappa shape index (κ1) is 15.0. The lowest BCUT2D eigenvalue weighted by molar-refractivity contribution is 0.162. The molecule has 4 aromatic rings. The molecule has 8 nitrogen and oxygen atoms in total. The Kier molecular flexibility index (Phi) is 3.01. The quantitative estimate of drug-likeness (QED) is 0.599. The summed E-state index contributed by atoms with van der Waals surface area (Å²) < 4.78 is 14.7. The molecule has 1 aliphatic carbocycles. The van der Waals surface area contributed by atoms with E-state index in [1.54, 1.807) is 13.3 Å². The van der Waals surface area contributed by atoms with Gasteiger partial charge in [-0.15, -0.1) is 5.10 Å². The van der Waals surface area contributed by atoms with Crippen molar-refractivity contribution in [2.75, 3.05) is 25.6 Å². The fourth-order valence-electron chi connectivity index (χ4n) is 4.12. The van der Waals surface area contributed by atoms with Crippen LogP contribution in [0.25, 0.3) is 22.2 Å². The summed E-state index contributed by atoms with van der Waals surface area (Å²) in [5.41, 5.74) is 3.99. The maximum Gasteiger partial charge on any atom is 0.244 e. The maximum atomic E-state index is 5.60. The van der Waals surface area contributed by atoms with Crippen molar-refractivity contribution < 1.29 is 9.47 Å². The molecular weight excluding hydrogens is 344 g/mol. The van der Waals surface area contributed by atoms with Crippen molar-refractivity contribution in [2.45, 2.75) is 6.04 Å². The van der Waals surface area contributed by atoms with Crippen molar-refractivity contribution in [2.24, 2.45) is 11.8 Å². The van der Waals surface area contributed by atoms with Crippen molar-refractivity contribution >= 4 is 17.0 Å². The van der Waals surface area contributed by atoms with Crippen molar-refractivity contribution in [3.8, 4) is 17.0 Å². The highest BCUT2D eigenvalue weighted by atomic mass is 16.5. The summed E-state index contributed by atoms with van der Waals surface area (Å²) in [6, 6.07) is 8.55. The van der Waals surface area contributed by atoms with Crippen molar-refractivity contribution in [1.82, 2.24) is 24.2 Å². The van der Waals surface area contributed by atoms with Gasteiger partial charge in [0.2, 0.25) is 11.8 Å². The predicted octanol–water partition coefficient (Wildman–Crippen LogP) is 2.11. The van der Waals surface area contributed by atoms with Crippen LogP contribution in [0.3, 0.4) is 0 Å². The average Bonchev–Trinajstić information content (AvgIpc) is 3.20. The first-order valence-electron chi connectivity index (χ1n) is 9.03. The monoisotopic (exact) mass is 362 g/mol. The van der Waals surface area contributed by atoms with Gasteiger partial charge in [0.05, 0.1) is 25.8 Å². The van der Waals surface area contributed by atoms with Gasteiger partial charge in [-0.1, -0.05) is 0 Å². The first-order valence-corrected chi connectivity index (χ1v) is 9.03. The fourth-order valence-corrected chi connectivity index (χ4v) is 4.12. The molecule has 2 aliphatic rings. The molecule has 0 spiro atoms. The molecule has 0 bridgehead atoms. The summed E-state index contributed by atoms with van der Waals surface area (Å²) in [4.78, 5) is 4.61. The third kappa shape index (κ3) is 2.23. The number of fused-ring (bicyclic) bond motifs is 3. The summed E-state index contributed by atoms with van der Waals surface area (Å²) in [5, 5.41) is 12.3. The second-order valence-corrected chi connectivity index (χ2v) is 7.12. The van der Waals surface area contributed by atoms with E-state index in [2.05, 4.69) is 26.6 Å². The van der Waals surface area contributed by atoms with E-state index in [-0.39, 0.29) is 0 Å². The molecule has 2 fully saturated rings. The largest absolute Gasteiger partial charge is 0.479 e. The van der Waals surface area contributed by atoms with E-state index in [1.165, 1.54) is 0 Å². The summed E-state index contributed by atoms with van der Waals surface area (Å²) in [5.74, 6) is 2.31. The number of nitrogens with one attached hydrogen (secondary N) is 1. The Morgan fingerprint density at radius 1 is 1.15 bits per heavy atom. The van der Waals surface area contributed by atoms with Crippen molar-refractivity contribution in [3.63, 3.8) is 0 Å². The van der Waals surface area contributed by atoms with Crippen molar-refractivity contribution in [3.05, 3.63) is 42.9 Å². The number of pyridine rings is 1. The Hall–Kier alpha value is -3.13. The Bertz CT molecular complexity index is 1160. The van der Waals surface area contributed by atoms with Crippen LogP contribution in [0.5, 0.6) is 5.88 Å².